The Morgan fingerprint density at radius 3 is 2.88 bits per heavy atom. The van der Waals surface area contributed by atoms with Crippen molar-refractivity contribution in [1.82, 2.24) is 15.2 Å². The van der Waals surface area contributed by atoms with Gasteiger partial charge in [-0.3, -0.25) is 14.9 Å². The van der Waals surface area contributed by atoms with Gasteiger partial charge in [-0.05, 0) is 41.7 Å². The number of carboxylic acids is 1. The fourth-order valence-corrected chi connectivity index (χ4v) is 2.94. The number of rotatable bonds is 6. The highest BCUT2D eigenvalue weighted by Gasteiger charge is 2.44. The molecule has 6 nitrogen and oxygen atoms in total. The average molecular weight is 335 g/mol. The van der Waals surface area contributed by atoms with Crippen LogP contribution in [0.4, 0.5) is 0 Å². The molecule has 1 saturated carbocycles. The number of carboxylic acid groups (broad SMARTS) is 1. The number of ether oxygens (including phenoxy) is 1. The van der Waals surface area contributed by atoms with E-state index in [0.29, 0.717) is 12.4 Å². The number of carbonyl (C=O) groups is 1. The highest BCUT2D eigenvalue weighted by molar-refractivity contribution is 5.75. The largest absolute Gasteiger partial charge is 0.487 e. The second kappa shape index (κ2) is 6.39. The van der Waals surface area contributed by atoms with Crippen LogP contribution in [0.1, 0.15) is 23.5 Å². The summed E-state index contributed by atoms with van der Waals surface area (Å²) in [5, 5.41) is 15.8. The first-order valence-corrected chi connectivity index (χ1v) is 8.11. The molecule has 0 bridgehead atoms. The summed E-state index contributed by atoms with van der Waals surface area (Å²) in [6.07, 6.45) is 4.09. The minimum absolute atomic E-state index is 0.132. The number of hydrogen-bond acceptors (Lipinski definition) is 4. The average Bonchev–Trinajstić information content (AvgIpc) is 3.27. The lowest BCUT2D eigenvalue weighted by Gasteiger charge is -2.08. The molecule has 1 aliphatic carbocycles. The maximum absolute atomic E-state index is 11.0. The first-order chi connectivity index (χ1) is 12.2. The lowest BCUT2D eigenvalue weighted by Crippen LogP contribution is -2.00. The lowest BCUT2D eigenvalue weighted by molar-refractivity contribution is -0.138. The Labute approximate surface area is 144 Å². The summed E-state index contributed by atoms with van der Waals surface area (Å²) in [7, 11) is 0. The van der Waals surface area contributed by atoms with Gasteiger partial charge in [0.1, 0.15) is 12.4 Å². The molecule has 2 heterocycles. The summed E-state index contributed by atoms with van der Waals surface area (Å²) in [6, 6.07) is 13.5. The van der Waals surface area contributed by atoms with E-state index in [1.807, 2.05) is 42.5 Å². The zero-order valence-electron chi connectivity index (χ0n) is 13.4. The summed E-state index contributed by atoms with van der Waals surface area (Å²) in [6.45, 7) is 0.420. The van der Waals surface area contributed by atoms with Crippen LogP contribution < -0.4 is 4.74 Å². The van der Waals surface area contributed by atoms with Gasteiger partial charge in [0, 0.05) is 6.20 Å². The van der Waals surface area contributed by atoms with Crippen LogP contribution in [0.3, 0.4) is 0 Å². The van der Waals surface area contributed by atoms with E-state index in [0.717, 1.165) is 28.9 Å². The van der Waals surface area contributed by atoms with Crippen molar-refractivity contribution in [2.24, 2.45) is 5.92 Å². The number of aliphatic carboxylic acids is 1. The Morgan fingerprint density at radius 2 is 2.20 bits per heavy atom. The third kappa shape index (κ3) is 3.38. The number of nitrogens with one attached hydrogen (secondary N) is 1. The molecule has 1 aliphatic rings. The summed E-state index contributed by atoms with van der Waals surface area (Å²) in [4.78, 5) is 15.4. The Morgan fingerprint density at radius 1 is 1.28 bits per heavy atom. The predicted molar refractivity (Wildman–Crippen MR) is 91.1 cm³/mol. The predicted octanol–water partition coefficient (Wildman–Crippen LogP) is 3.24. The molecule has 0 spiro atoms. The fourth-order valence-electron chi connectivity index (χ4n) is 2.94. The summed E-state index contributed by atoms with van der Waals surface area (Å²) in [5.41, 5.74) is 3.75. The van der Waals surface area contributed by atoms with Crippen molar-refractivity contribution < 1.29 is 14.6 Å². The van der Waals surface area contributed by atoms with E-state index in [-0.39, 0.29) is 11.8 Å². The van der Waals surface area contributed by atoms with Gasteiger partial charge in [-0.25, -0.2) is 0 Å². The van der Waals surface area contributed by atoms with Crippen molar-refractivity contribution in [2.75, 3.05) is 0 Å². The third-order valence-corrected chi connectivity index (χ3v) is 4.41. The minimum Gasteiger partial charge on any atom is -0.487 e. The van der Waals surface area contributed by atoms with Gasteiger partial charge in [0.15, 0.2) is 0 Å². The Hall–Kier alpha value is -3.15. The fraction of sp³-hybridized carbons (Fsp3) is 0.211. The molecule has 4 rings (SSSR count). The first-order valence-electron chi connectivity index (χ1n) is 8.11. The van der Waals surface area contributed by atoms with Gasteiger partial charge in [0.25, 0.3) is 0 Å². The summed E-state index contributed by atoms with van der Waals surface area (Å²) >= 11 is 0. The quantitative estimate of drug-likeness (QED) is 0.722. The standard InChI is InChI=1S/C19H17N3O3/c23-19(24)16-9-15(16)13-3-1-2-12(8-13)11-25-14-4-5-17(20-10-14)18-6-7-21-22-18/h1-8,10,15-16H,9,11H2,(H,21,22)(H,23,24)/t15-,16+/m0/s1. The normalized spacial score (nSPS) is 18.7. The lowest BCUT2D eigenvalue weighted by atomic mass is 10.1. The second-order valence-electron chi connectivity index (χ2n) is 6.17. The molecule has 1 aromatic carbocycles. The maximum Gasteiger partial charge on any atom is 0.307 e. The van der Waals surface area contributed by atoms with Crippen LogP contribution in [0.2, 0.25) is 0 Å². The van der Waals surface area contributed by atoms with E-state index in [1.54, 1.807) is 12.4 Å². The topological polar surface area (TPSA) is 88.1 Å². The van der Waals surface area contributed by atoms with Crippen LogP contribution in [0.15, 0.2) is 54.9 Å². The Bertz CT molecular complexity index is 875. The van der Waals surface area contributed by atoms with Gasteiger partial charge in [-0.1, -0.05) is 24.3 Å². The number of aromatic nitrogens is 3. The van der Waals surface area contributed by atoms with Gasteiger partial charge in [-0.15, -0.1) is 0 Å². The SMILES string of the molecule is O=C(O)[C@@H]1C[C@H]1c1cccc(COc2ccc(-c3ccn[nH]3)nc2)c1. The number of aromatic amines is 1. The van der Waals surface area contributed by atoms with Gasteiger partial charge < -0.3 is 9.84 Å². The Balaban J connectivity index is 1.39. The van der Waals surface area contributed by atoms with E-state index in [9.17, 15) is 4.79 Å². The molecule has 2 atom stereocenters. The van der Waals surface area contributed by atoms with Crippen LogP contribution in [0.25, 0.3) is 11.4 Å². The van der Waals surface area contributed by atoms with E-state index >= 15 is 0 Å². The maximum atomic E-state index is 11.0. The highest BCUT2D eigenvalue weighted by Crippen LogP contribution is 2.47. The molecule has 0 saturated heterocycles. The zero-order valence-corrected chi connectivity index (χ0v) is 13.4. The van der Waals surface area contributed by atoms with E-state index in [4.69, 9.17) is 9.84 Å². The smallest absolute Gasteiger partial charge is 0.307 e. The molecule has 3 aromatic rings. The summed E-state index contributed by atoms with van der Waals surface area (Å²) in [5.74, 6) is -0.137. The van der Waals surface area contributed by atoms with Crippen molar-refractivity contribution in [3.05, 3.63) is 66.0 Å². The minimum atomic E-state index is -0.713. The number of benzene rings is 1. The molecule has 2 N–H and O–H groups in total. The van der Waals surface area contributed by atoms with E-state index in [2.05, 4.69) is 15.2 Å². The molecule has 126 valence electrons. The monoisotopic (exact) mass is 335 g/mol. The number of nitrogens with zero attached hydrogens (tertiary/aromatic N) is 2. The van der Waals surface area contributed by atoms with Gasteiger partial charge >= 0.3 is 5.97 Å². The van der Waals surface area contributed by atoms with E-state index < -0.39 is 5.97 Å². The van der Waals surface area contributed by atoms with Crippen molar-refractivity contribution in [1.29, 1.82) is 0 Å². The second-order valence-corrected chi connectivity index (χ2v) is 6.17. The Kier molecular flexibility index (Phi) is 3.93. The van der Waals surface area contributed by atoms with Crippen molar-refractivity contribution in [3.63, 3.8) is 0 Å². The molecule has 0 amide bonds. The van der Waals surface area contributed by atoms with Crippen LogP contribution >= 0.6 is 0 Å². The van der Waals surface area contributed by atoms with E-state index in [1.165, 1.54) is 0 Å². The summed E-state index contributed by atoms with van der Waals surface area (Å²) < 4.78 is 5.79. The van der Waals surface area contributed by atoms with Crippen molar-refractivity contribution in [3.8, 4) is 17.1 Å². The highest BCUT2D eigenvalue weighted by atomic mass is 16.5. The zero-order chi connectivity index (χ0) is 17.2. The van der Waals surface area contributed by atoms with Gasteiger partial charge in [0.05, 0.1) is 23.5 Å². The molecule has 25 heavy (non-hydrogen) atoms. The number of hydrogen-bond donors (Lipinski definition) is 2. The molecule has 1 fully saturated rings. The van der Waals surface area contributed by atoms with Crippen LogP contribution in [-0.4, -0.2) is 26.3 Å². The van der Waals surface area contributed by atoms with Gasteiger partial charge in [-0.2, -0.15) is 5.10 Å². The molecule has 6 heteroatoms. The molecule has 2 aromatic heterocycles. The molecular weight excluding hydrogens is 318 g/mol. The first kappa shape index (κ1) is 15.4. The number of H-pyrrole nitrogens is 1. The molecular formula is C19H17N3O3. The third-order valence-electron chi connectivity index (χ3n) is 4.41. The van der Waals surface area contributed by atoms with Crippen LogP contribution in [0, 0.1) is 5.92 Å². The number of pyridine rings is 1. The molecule has 0 aliphatic heterocycles. The van der Waals surface area contributed by atoms with Crippen LogP contribution in [-0.2, 0) is 11.4 Å². The van der Waals surface area contributed by atoms with Crippen LogP contribution in [0.5, 0.6) is 5.75 Å². The van der Waals surface area contributed by atoms with Crippen molar-refractivity contribution >= 4 is 5.97 Å². The molecule has 0 radical (unpaired) electrons. The van der Waals surface area contributed by atoms with Gasteiger partial charge in [0.2, 0.25) is 0 Å². The molecule has 0 unspecified atom stereocenters. The van der Waals surface area contributed by atoms with Crippen molar-refractivity contribution in [2.45, 2.75) is 18.9 Å².